The van der Waals surface area contributed by atoms with Crippen molar-refractivity contribution in [2.45, 2.75) is 63.3 Å². The van der Waals surface area contributed by atoms with Gasteiger partial charge >= 0.3 is 0 Å². The lowest BCUT2D eigenvalue weighted by Gasteiger charge is -2.40. The maximum atomic E-state index is 11.9. The highest BCUT2D eigenvalue weighted by atomic mass is 16.6. The second-order valence-electron chi connectivity index (χ2n) is 6.17. The van der Waals surface area contributed by atoms with Crippen LogP contribution in [0.4, 0.5) is 0 Å². The minimum absolute atomic E-state index is 0.171. The third kappa shape index (κ3) is 6.71. The van der Waals surface area contributed by atoms with E-state index in [4.69, 9.17) is 9.84 Å². The average molecular weight is 360 g/mol. The summed E-state index contributed by atoms with van der Waals surface area (Å²) in [7, 11) is 0. The van der Waals surface area contributed by atoms with Crippen molar-refractivity contribution in [2.24, 2.45) is 0 Å². The number of hydrogen-bond acceptors (Lipinski definition) is 7. The molecular formula is C16H28N2O7. The summed E-state index contributed by atoms with van der Waals surface area (Å²) < 4.78 is 4.96. The van der Waals surface area contributed by atoms with E-state index in [0.29, 0.717) is 31.4 Å². The van der Waals surface area contributed by atoms with Gasteiger partial charge in [0.2, 0.25) is 11.8 Å². The molecule has 25 heavy (non-hydrogen) atoms. The third-order valence-electron chi connectivity index (χ3n) is 3.98. The first-order chi connectivity index (χ1) is 11.8. The summed E-state index contributed by atoms with van der Waals surface area (Å²) in [6, 6.07) is -1.17. The van der Waals surface area contributed by atoms with Crippen LogP contribution in [0, 0.1) is 0 Å². The van der Waals surface area contributed by atoms with Crippen LogP contribution in [-0.2, 0) is 14.3 Å². The molecule has 1 aliphatic rings. The van der Waals surface area contributed by atoms with E-state index in [1.165, 1.54) is 0 Å². The van der Waals surface area contributed by atoms with Gasteiger partial charge in [0, 0.05) is 18.5 Å². The zero-order valence-electron chi connectivity index (χ0n) is 14.4. The van der Waals surface area contributed by atoms with Gasteiger partial charge in [-0.3, -0.25) is 9.59 Å². The number of rotatable bonds is 9. The van der Waals surface area contributed by atoms with Gasteiger partial charge in [0.05, 0.1) is 6.61 Å². The van der Waals surface area contributed by atoms with Crippen molar-refractivity contribution in [3.05, 3.63) is 12.2 Å². The molecule has 1 saturated heterocycles. The first-order valence-electron chi connectivity index (χ1n) is 8.31. The molecule has 0 aliphatic carbocycles. The zero-order valence-corrected chi connectivity index (χ0v) is 14.4. The van der Waals surface area contributed by atoms with E-state index in [9.17, 15) is 24.9 Å². The van der Waals surface area contributed by atoms with Crippen LogP contribution in [0.15, 0.2) is 12.2 Å². The van der Waals surface area contributed by atoms with Crippen LogP contribution in [0.25, 0.3) is 0 Å². The van der Waals surface area contributed by atoms with Gasteiger partial charge in [-0.15, -0.1) is 0 Å². The normalized spacial score (nSPS) is 29.1. The number of nitrogens with one attached hydrogen (secondary N) is 2. The Labute approximate surface area is 146 Å². The van der Waals surface area contributed by atoms with E-state index in [1.54, 1.807) is 6.92 Å². The van der Waals surface area contributed by atoms with E-state index in [1.807, 2.05) is 0 Å². The third-order valence-corrected chi connectivity index (χ3v) is 3.98. The molecule has 2 amide bonds. The second kappa shape index (κ2) is 10.5. The Morgan fingerprint density at radius 1 is 1.12 bits per heavy atom. The largest absolute Gasteiger partial charge is 0.394 e. The van der Waals surface area contributed by atoms with E-state index >= 15 is 0 Å². The molecule has 1 rings (SSSR count). The van der Waals surface area contributed by atoms with Crippen LogP contribution in [0.5, 0.6) is 0 Å². The van der Waals surface area contributed by atoms with Crippen LogP contribution in [0.3, 0.4) is 0 Å². The fourth-order valence-corrected chi connectivity index (χ4v) is 2.45. The van der Waals surface area contributed by atoms with E-state index in [2.05, 4.69) is 17.2 Å². The van der Waals surface area contributed by atoms with Crippen LogP contribution in [0.1, 0.15) is 32.6 Å². The topological polar surface area (TPSA) is 148 Å². The van der Waals surface area contributed by atoms with E-state index in [-0.39, 0.29) is 12.3 Å². The van der Waals surface area contributed by atoms with Gasteiger partial charge < -0.3 is 35.8 Å². The molecule has 144 valence electrons. The lowest BCUT2D eigenvalue weighted by atomic mass is 9.97. The number of unbranched alkanes of at least 4 members (excludes halogenated alkanes) is 2. The van der Waals surface area contributed by atoms with Gasteiger partial charge in [0.25, 0.3) is 0 Å². The predicted octanol–water partition coefficient (Wildman–Crippen LogP) is -1.84. The monoisotopic (exact) mass is 360 g/mol. The highest BCUT2D eigenvalue weighted by Crippen LogP contribution is 2.19. The molecule has 0 saturated carbocycles. The van der Waals surface area contributed by atoms with Crippen molar-refractivity contribution >= 4 is 11.8 Å². The van der Waals surface area contributed by atoms with Crippen LogP contribution >= 0.6 is 0 Å². The van der Waals surface area contributed by atoms with Gasteiger partial charge in [0.15, 0.2) is 6.29 Å². The zero-order chi connectivity index (χ0) is 19.0. The first kappa shape index (κ1) is 21.5. The van der Waals surface area contributed by atoms with Crippen molar-refractivity contribution in [2.75, 3.05) is 13.2 Å². The second-order valence-corrected chi connectivity index (χ2v) is 6.17. The van der Waals surface area contributed by atoms with E-state index < -0.39 is 43.2 Å². The molecule has 0 aromatic rings. The summed E-state index contributed by atoms with van der Waals surface area (Å²) in [6.07, 6.45) is -3.31. The van der Waals surface area contributed by atoms with Crippen LogP contribution in [-0.4, -0.2) is 76.0 Å². The lowest BCUT2D eigenvalue weighted by Crippen LogP contribution is -2.64. The summed E-state index contributed by atoms with van der Waals surface area (Å²) in [6.45, 7) is 5.09. The lowest BCUT2D eigenvalue weighted by molar-refractivity contribution is -0.253. The van der Waals surface area contributed by atoms with Crippen molar-refractivity contribution in [1.82, 2.24) is 10.6 Å². The Morgan fingerprint density at radius 2 is 1.80 bits per heavy atom. The van der Waals surface area contributed by atoms with Crippen molar-refractivity contribution in [3.8, 4) is 0 Å². The molecule has 0 aromatic carbocycles. The Hall–Kier alpha value is -1.52. The first-order valence-corrected chi connectivity index (χ1v) is 8.31. The summed E-state index contributed by atoms with van der Waals surface area (Å²) in [5, 5.41) is 43.6. The standard InChI is InChI=1S/C16H28N2O7/c1-9(2)15(23)17-7-5-3-4-6-11(20)18-12-14(22)13(21)10(8-19)25-16(12)24/h10,12-14,16,19,21-22,24H,1,3-8H2,2H3,(H,17,23)(H,18,20)/t10-,12+,13-,14-,16?/m1/s1. The molecule has 9 heteroatoms. The number of aliphatic hydroxyl groups excluding tert-OH is 4. The SMILES string of the molecule is C=C(C)C(=O)NCCCCCC(=O)N[C@@H]1C(O)O[C@H](CO)[C@@H](O)[C@@H]1O. The molecular weight excluding hydrogens is 332 g/mol. The Balaban J connectivity index is 2.25. The molecule has 0 bridgehead atoms. The number of aliphatic hydroxyl groups is 4. The molecule has 9 nitrogen and oxygen atoms in total. The molecule has 1 unspecified atom stereocenters. The summed E-state index contributed by atoms with van der Waals surface area (Å²) >= 11 is 0. The van der Waals surface area contributed by atoms with Gasteiger partial charge in [-0.2, -0.15) is 0 Å². The number of amides is 2. The van der Waals surface area contributed by atoms with Gasteiger partial charge in [0.1, 0.15) is 24.4 Å². The number of hydrogen-bond donors (Lipinski definition) is 6. The molecule has 1 fully saturated rings. The van der Waals surface area contributed by atoms with E-state index in [0.717, 1.165) is 0 Å². The predicted molar refractivity (Wildman–Crippen MR) is 88.2 cm³/mol. The van der Waals surface area contributed by atoms with Crippen LogP contribution in [0.2, 0.25) is 0 Å². The molecule has 0 aromatic heterocycles. The Kier molecular flexibility index (Phi) is 9.01. The number of carbonyl (C=O) groups is 2. The molecule has 1 heterocycles. The van der Waals surface area contributed by atoms with Crippen molar-refractivity contribution in [3.63, 3.8) is 0 Å². The highest BCUT2D eigenvalue weighted by molar-refractivity contribution is 5.91. The maximum absolute atomic E-state index is 11.9. The quantitative estimate of drug-likeness (QED) is 0.209. The van der Waals surface area contributed by atoms with Gasteiger partial charge in [-0.05, 0) is 19.8 Å². The van der Waals surface area contributed by atoms with Gasteiger partial charge in [-0.1, -0.05) is 13.0 Å². The number of carbonyl (C=O) groups excluding carboxylic acids is 2. The van der Waals surface area contributed by atoms with Crippen molar-refractivity contribution in [1.29, 1.82) is 0 Å². The molecule has 0 spiro atoms. The maximum Gasteiger partial charge on any atom is 0.246 e. The van der Waals surface area contributed by atoms with Gasteiger partial charge in [-0.25, -0.2) is 0 Å². The Bertz CT molecular complexity index is 471. The molecule has 6 N–H and O–H groups in total. The minimum Gasteiger partial charge on any atom is -0.394 e. The fourth-order valence-electron chi connectivity index (χ4n) is 2.45. The summed E-state index contributed by atoms with van der Waals surface area (Å²) in [5.74, 6) is -0.593. The number of ether oxygens (including phenoxy) is 1. The van der Waals surface area contributed by atoms with Crippen molar-refractivity contribution < 1.29 is 34.8 Å². The fraction of sp³-hybridized carbons (Fsp3) is 0.750. The molecule has 0 radical (unpaired) electrons. The molecule has 1 aliphatic heterocycles. The smallest absolute Gasteiger partial charge is 0.246 e. The summed E-state index contributed by atoms with van der Waals surface area (Å²) in [5.41, 5.74) is 0.441. The summed E-state index contributed by atoms with van der Waals surface area (Å²) in [4.78, 5) is 23.2. The average Bonchev–Trinajstić information content (AvgIpc) is 2.57. The minimum atomic E-state index is -1.52. The highest BCUT2D eigenvalue weighted by Gasteiger charge is 2.44. The van der Waals surface area contributed by atoms with Crippen LogP contribution < -0.4 is 10.6 Å². The molecule has 5 atom stereocenters. The Morgan fingerprint density at radius 3 is 2.40 bits per heavy atom.